The zero-order valence-electron chi connectivity index (χ0n) is 10.8. The van der Waals surface area contributed by atoms with Crippen LogP contribution in [0.3, 0.4) is 0 Å². The van der Waals surface area contributed by atoms with Gasteiger partial charge in [-0.25, -0.2) is 0 Å². The normalized spacial score (nSPS) is 25.7. The van der Waals surface area contributed by atoms with Crippen LogP contribution in [0.1, 0.15) is 12.8 Å². The van der Waals surface area contributed by atoms with E-state index in [0.717, 1.165) is 44.0 Å². The largest absolute Gasteiger partial charge is 0.377 e. The SMILES string of the molecule is NC(=NCCOCC1CCCO1)N1CCSCC1. The molecule has 2 fully saturated rings. The second-order valence-corrected chi connectivity index (χ2v) is 5.77. The molecule has 2 N–H and O–H groups in total. The van der Waals surface area contributed by atoms with E-state index in [9.17, 15) is 0 Å². The average molecular weight is 273 g/mol. The number of nitrogens with zero attached hydrogens (tertiary/aromatic N) is 2. The van der Waals surface area contributed by atoms with Gasteiger partial charge in [0.25, 0.3) is 0 Å². The van der Waals surface area contributed by atoms with E-state index in [1.807, 2.05) is 11.8 Å². The molecule has 2 heterocycles. The Hall–Kier alpha value is -0.460. The molecule has 6 heteroatoms. The maximum absolute atomic E-state index is 5.94. The summed E-state index contributed by atoms with van der Waals surface area (Å²) in [6, 6.07) is 0. The fourth-order valence-electron chi connectivity index (χ4n) is 2.11. The van der Waals surface area contributed by atoms with Crippen molar-refractivity contribution in [2.45, 2.75) is 18.9 Å². The Morgan fingerprint density at radius 3 is 3.00 bits per heavy atom. The molecule has 2 rings (SSSR count). The van der Waals surface area contributed by atoms with Gasteiger partial charge in [-0.3, -0.25) is 4.99 Å². The molecule has 1 unspecified atom stereocenters. The lowest BCUT2D eigenvalue weighted by molar-refractivity contribution is 0.0199. The van der Waals surface area contributed by atoms with E-state index in [4.69, 9.17) is 15.2 Å². The lowest BCUT2D eigenvalue weighted by Crippen LogP contribution is -2.42. The predicted molar refractivity (Wildman–Crippen MR) is 75.2 cm³/mol. The number of nitrogens with two attached hydrogens (primary N) is 1. The number of guanidine groups is 1. The van der Waals surface area contributed by atoms with E-state index >= 15 is 0 Å². The van der Waals surface area contributed by atoms with Gasteiger partial charge in [-0.15, -0.1) is 0 Å². The van der Waals surface area contributed by atoms with Crippen LogP contribution in [0.4, 0.5) is 0 Å². The molecule has 0 aromatic carbocycles. The zero-order chi connectivity index (χ0) is 12.6. The molecule has 2 saturated heterocycles. The summed E-state index contributed by atoms with van der Waals surface area (Å²) in [6.07, 6.45) is 2.58. The van der Waals surface area contributed by atoms with Gasteiger partial charge in [0.15, 0.2) is 5.96 Å². The van der Waals surface area contributed by atoms with E-state index in [1.165, 1.54) is 0 Å². The van der Waals surface area contributed by atoms with Gasteiger partial charge >= 0.3 is 0 Å². The van der Waals surface area contributed by atoms with Crippen molar-refractivity contribution in [1.82, 2.24) is 4.90 Å². The standard InChI is InChI=1S/C12H23N3O2S/c13-12(15-4-8-18-9-5-15)14-3-7-16-10-11-2-1-6-17-11/h11H,1-10H2,(H2,13,14). The third kappa shape index (κ3) is 4.66. The molecule has 0 aliphatic carbocycles. The Bertz CT molecular complexity index is 264. The summed E-state index contributed by atoms with van der Waals surface area (Å²) in [5, 5.41) is 0. The van der Waals surface area contributed by atoms with E-state index in [1.54, 1.807) is 0 Å². The lowest BCUT2D eigenvalue weighted by Gasteiger charge is -2.27. The highest BCUT2D eigenvalue weighted by atomic mass is 32.2. The molecule has 104 valence electrons. The Morgan fingerprint density at radius 2 is 2.28 bits per heavy atom. The van der Waals surface area contributed by atoms with Gasteiger partial charge in [-0.05, 0) is 12.8 Å². The van der Waals surface area contributed by atoms with Gasteiger partial charge in [-0.2, -0.15) is 11.8 Å². The number of aliphatic imine (C=N–C) groups is 1. The van der Waals surface area contributed by atoms with Crippen LogP contribution in [0, 0.1) is 0 Å². The summed E-state index contributed by atoms with van der Waals surface area (Å²) in [5.41, 5.74) is 5.94. The molecule has 0 radical (unpaired) electrons. The van der Waals surface area contributed by atoms with Crippen molar-refractivity contribution in [2.24, 2.45) is 10.7 Å². The van der Waals surface area contributed by atoms with Gasteiger partial charge in [0.1, 0.15) is 0 Å². The molecule has 0 bridgehead atoms. The Labute approximate surface area is 113 Å². The summed E-state index contributed by atoms with van der Waals surface area (Å²) in [7, 11) is 0. The highest BCUT2D eigenvalue weighted by molar-refractivity contribution is 7.99. The summed E-state index contributed by atoms with van der Waals surface area (Å²) in [5.74, 6) is 2.95. The first kappa shape index (κ1) is 14.0. The molecule has 0 aromatic heterocycles. The number of thioether (sulfide) groups is 1. The van der Waals surface area contributed by atoms with Crippen molar-refractivity contribution in [3.05, 3.63) is 0 Å². The van der Waals surface area contributed by atoms with E-state index in [2.05, 4.69) is 9.89 Å². The first-order valence-electron chi connectivity index (χ1n) is 6.68. The van der Waals surface area contributed by atoms with Crippen molar-refractivity contribution in [3.63, 3.8) is 0 Å². The van der Waals surface area contributed by atoms with Crippen LogP contribution in [-0.2, 0) is 9.47 Å². The minimum absolute atomic E-state index is 0.297. The lowest BCUT2D eigenvalue weighted by atomic mass is 10.2. The molecule has 1 atom stereocenters. The van der Waals surface area contributed by atoms with Crippen LogP contribution in [-0.4, -0.2) is 67.9 Å². The summed E-state index contributed by atoms with van der Waals surface area (Å²) >= 11 is 1.97. The number of ether oxygens (including phenoxy) is 2. The molecular weight excluding hydrogens is 250 g/mol. The van der Waals surface area contributed by atoms with Gasteiger partial charge in [-0.1, -0.05) is 0 Å². The Balaban J connectivity index is 1.55. The maximum Gasteiger partial charge on any atom is 0.191 e. The second kappa shape index (κ2) is 7.86. The molecule has 18 heavy (non-hydrogen) atoms. The number of hydrogen-bond acceptors (Lipinski definition) is 4. The fourth-order valence-corrected chi connectivity index (χ4v) is 3.01. The molecule has 2 aliphatic rings. The van der Waals surface area contributed by atoms with E-state index in [0.29, 0.717) is 31.8 Å². The van der Waals surface area contributed by atoms with Gasteiger partial charge in [0, 0.05) is 31.2 Å². The fraction of sp³-hybridized carbons (Fsp3) is 0.917. The van der Waals surface area contributed by atoms with Crippen LogP contribution in [0.5, 0.6) is 0 Å². The Morgan fingerprint density at radius 1 is 1.44 bits per heavy atom. The van der Waals surface area contributed by atoms with Crippen molar-refractivity contribution in [3.8, 4) is 0 Å². The summed E-state index contributed by atoms with van der Waals surface area (Å²) < 4.78 is 11.0. The molecule has 0 spiro atoms. The molecule has 0 amide bonds. The van der Waals surface area contributed by atoms with Crippen LogP contribution in [0.25, 0.3) is 0 Å². The Kier molecular flexibility index (Phi) is 6.10. The van der Waals surface area contributed by atoms with Crippen molar-refractivity contribution in [1.29, 1.82) is 0 Å². The summed E-state index contributed by atoms with van der Waals surface area (Å²) in [4.78, 5) is 6.51. The molecule has 2 aliphatic heterocycles. The highest BCUT2D eigenvalue weighted by Crippen LogP contribution is 2.11. The van der Waals surface area contributed by atoms with Gasteiger partial charge < -0.3 is 20.1 Å². The van der Waals surface area contributed by atoms with E-state index < -0.39 is 0 Å². The highest BCUT2D eigenvalue weighted by Gasteiger charge is 2.15. The molecule has 0 saturated carbocycles. The molecule has 0 aromatic rings. The summed E-state index contributed by atoms with van der Waals surface area (Å²) in [6.45, 7) is 4.86. The average Bonchev–Trinajstić information content (AvgIpc) is 2.92. The quantitative estimate of drug-likeness (QED) is 0.450. The topological polar surface area (TPSA) is 60.1 Å². The van der Waals surface area contributed by atoms with Crippen LogP contribution >= 0.6 is 11.8 Å². The van der Waals surface area contributed by atoms with Crippen molar-refractivity contribution in [2.75, 3.05) is 51.0 Å². The van der Waals surface area contributed by atoms with Crippen molar-refractivity contribution >= 4 is 17.7 Å². The molecule has 5 nitrogen and oxygen atoms in total. The van der Waals surface area contributed by atoms with Crippen LogP contribution < -0.4 is 5.73 Å². The third-order valence-corrected chi connectivity index (χ3v) is 4.11. The smallest absolute Gasteiger partial charge is 0.191 e. The monoisotopic (exact) mass is 273 g/mol. The second-order valence-electron chi connectivity index (χ2n) is 4.55. The number of rotatable bonds is 5. The van der Waals surface area contributed by atoms with Crippen molar-refractivity contribution < 1.29 is 9.47 Å². The molecular formula is C12H23N3O2S. The van der Waals surface area contributed by atoms with E-state index in [-0.39, 0.29) is 0 Å². The van der Waals surface area contributed by atoms with Crippen LogP contribution in [0.15, 0.2) is 4.99 Å². The first-order chi connectivity index (χ1) is 8.86. The minimum Gasteiger partial charge on any atom is -0.377 e. The minimum atomic E-state index is 0.297. The first-order valence-corrected chi connectivity index (χ1v) is 7.83. The van der Waals surface area contributed by atoms with Crippen LogP contribution in [0.2, 0.25) is 0 Å². The van der Waals surface area contributed by atoms with Gasteiger partial charge in [0.05, 0.1) is 25.9 Å². The predicted octanol–water partition coefficient (Wildman–Crippen LogP) is 0.545. The van der Waals surface area contributed by atoms with Gasteiger partial charge in [0.2, 0.25) is 0 Å². The number of hydrogen-bond donors (Lipinski definition) is 1. The maximum atomic E-state index is 5.94. The zero-order valence-corrected chi connectivity index (χ0v) is 11.7. The third-order valence-electron chi connectivity index (χ3n) is 3.17.